The van der Waals surface area contributed by atoms with Gasteiger partial charge in [-0.1, -0.05) is 12.1 Å². The van der Waals surface area contributed by atoms with Gasteiger partial charge in [0, 0.05) is 30.1 Å². The van der Waals surface area contributed by atoms with Gasteiger partial charge in [0.1, 0.15) is 6.23 Å². The first kappa shape index (κ1) is 21.1. The molecule has 2 N–H and O–H groups in total. The minimum atomic E-state index is -1.30. The van der Waals surface area contributed by atoms with E-state index in [1.54, 1.807) is 27.7 Å². The molecule has 1 aliphatic rings. The molecule has 0 aromatic heterocycles. The fraction of sp³-hybridized carbons (Fsp3) is 0.368. The number of nitrogens with zero attached hydrogens (tertiary/aromatic N) is 2. The minimum Gasteiger partial charge on any atom is -0.478 e. The molecule has 9 heteroatoms. The van der Waals surface area contributed by atoms with Crippen LogP contribution in [0.2, 0.25) is 0 Å². The lowest BCUT2D eigenvalue weighted by atomic mass is 9.79. The molecule has 1 unspecified atom stereocenters. The second kappa shape index (κ2) is 8.22. The first-order valence-electron chi connectivity index (χ1n) is 8.65. The molecule has 0 spiro atoms. The van der Waals surface area contributed by atoms with Gasteiger partial charge in [-0.3, -0.25) is 10.1 Å². The van der Waals surface area contributed by atoms with Gasteiger partial charge in [-0.05, 0) is 33.3 Å². The smallest absolute Gasteiger partial charge is 0.334 e. The van der Waals surface area contributed by atoms with Crippen LogP contribution < -0.4 is 0 Å². The zero-order valence-electron chi connectivity index (χ0n) is 16.0. The number of nitro groups is 1. The number of hydrogen-bond donors (Lipinski definition) is 2. The molecule has 1 aliphatic heterocycles. The summed E-state index contributed by atoms with van der Waals surface area (Å²) >= 11 is 0. The van der Waals surface area contributed by atoms with Gasteiger partial charge in [-0.2, -0.15) is 0 Å². The standard InChI is InChI=1S/C19H22N2O7/c1-5-28-12(4)20-10(2)15(18(22)23)17(16(11(20)3)19(24)25)13-7-6-8-14(9-13)21(26)27/h6-9,12,17H,5H2,1-4H3,(H,22,23)(H,24,25). The number of carbonyl (C=O) groups is 2. The van der Waals surface area contributed by atoms with Crippen molar-refractivity contribution in [2.75, 3.05) is 6.61 Å². The maximum absolute atomic E-state index is 12.1. The van der Waals surface area contributed by atoms with Crippen LogP contribution in [0.5, 0.6) is 0 Å². The third kappa shape index (κ3) is 3.74. The second-order valence-electron chi connectivity index (χ2n) is 6.32. The Hall–Kier alpha value is -3.20. The Kier molecular flexibility index (Phi) is 6.19. The van der Waals surface area contributed by atoms with Gasteiger partial charge in [0.2, 0.25) is 0 Å². The number of carboxylic acids is 2. The van der Waals surface area contributed by atoms with Crippen LogP contribution in [0, 0.1) is 10.1 Å². The van der Waals surface area contributed by atoms with Gasteiger partial charge in [-0.15, -0.1) is 0 Å². The molecule has 0 fully saturated rings. The summed E-state index contributed by atoms with van der Waals surface area (Å²) in [5.41, 5.74) is 0.323. The van der Waals surface area contributed by atoms with Crippen LogP contribution in [-0.2, 0) is 14.3 Å². The number of allylic oxidation sites excluding steroid dienone is 2. The van der Waals surface area contributed by atoms with Crippen molar-refractivity contribution >= 4 is 17.6 Å². The van der Waals surface area contributed by atoms with Crippen molar-refractivity contribution in [2.45, 2.75) is 39.8 Å². The van der Waals surface area contributed by atoms with E-state index in [4.69, 9.17) is 4.74 Å². The zero-order valence-corrected chi connectivity index (χ0v) is 16.0. The molecule has 0 saturated heterocycles. The molecule has 1 heterocycles. The Morgan fingerprint density at radius 3 is 2.18 bits per heavy atom. The van der Waals surface area contributed by atoms with E-state index < -0.39 is 29.0 Å². The number of carboxylic acid groups (broad SMARTS) is 2. The lowest BCUT2D eigenvalue weighted by Gasteiger charge is -2.40. The highest BCUT2D eigenvalue weighted by Gasteiger charge is 2.41. The monoisotopic (exact) mass is 390 g/mol. The van der Waals surface area contributed by atoms with E-state index in [9.17, 15) is 29.9 Å². The second-order valence-corrected chi connectivity index (χ2v) is 6.32. The molecule has 0 saturated carbocycles. The van der Waals surface area contributed by atoms with Gasteiger partial charge in [0.15, 0.2) is 0 Å². The Labute approximate surface area is 161 Å². The Morgan fingerprint density at radius 2 is 1.75 bits per heavy atom. The third-order valence-electron chi connectivity index (χ3n) is 4.73. The van der Waals surface area contributed by atoms with Crippen LogP contribution in [-0.4, -0.2) is 44.8 Å². The van der Waals surface area contributed by atoms with Crippen LogP contribution in [0.4, 0.5) is 5.69 Å². The van der Waals surface area contributed by atoms with E-state index in [1.165, 1.54) is 29.2 Å². The molecule has 1 aromatic rings. The van der Waals surface area contributed by atoms with Crippen LogP contribution in [0.3, 0.4) is 0 Å². The minimum absolute atomic E-state index is 0.157. The molecule has 0 radical (unpaired) electrons. The van der Waals surface area contributed by atoms with Crippen molar-refractivity contribution in [1.82, 2.24) is 4.90 Å². The summed E-state index contributed by atoms with van der Waals surface area (Å²) in [6, 6.07) is 5.38. The first-order valence-corrected chi connectivity index (χ1v) is 8.65. The highest BCUT2D eigenvalue weighted by Crippen LogP contribution is 2.43. The summed E-state index contributed by atoms with van der Waals surface area (Å²) in [4.78, 5) is 36.2. The Bertz CT molecular complexity index is 850. The van der Waals surface area contributed by atoms with Gasteiger partial charge in [-0.25, -0.2) is 9.59 Å². The summed E-state index contributed by atoms with van der Waals surface area (Å²) in [6.45, 7) is 6.98. The van der Waals surface area contributed by atoms with E-state index in [2.05, 4.69) is 0 Å². The van der Waals surface area contributed by atoms with Crippen LogP contribution in [0.25, 0.3) is 0 Å². The normalized spacial score (nSPS) is 16.4. The van der Waals surface area contributed by atoms with Crippen molar-refractivity contribution in [3.05, 3.63) is 62.5 Å². The van der Waals surface area contributed by atoms with Crippen LogP contribution in [0.1, 0.15) is 39.2 Å². The lowest BCUT2D eigenvalue weighted by molar-refractivity contribution is -0.384. The fourth-order valence-corrected chi connectivity index (χ4v) is 3.64. The number of hydrogen-bond acceptors (Lipinski definition) is 6. The summed E-state index contributed by atoms with van der Waals surface area (Å²) in [5.74, 6) is -3.75. The highest BCUT2D eigenvalue weighted by atomic mass is 16.6. The first-order chi connectivity index (χ1) is 13.1. The number of nitro benzene ring substituents is 1. The van der Waals surface area contributed by atoms with E-state index in [1.807, 2.05) is 0 Å². The number of aliphatic carboxylic acids is 2. The fourth-order valence-electron chi connectivity index (χ4n) is 3.64. The van der Waals surface area contributed by atoms with E-state index in [0.717, 1.165) is 0 Å². The molecule has 28 heavy (non-hydrogen) atoms. The van der Waals surface area contributed by atoms with Gasteiger partial charge in [0.05, 0.1) is 22.0 Å². The Morgan fingerprint density at radius 1 is 1.21 bits per heavy atom. The molecule has 1 atom stereocenters. The van der Waals surface area contributed by atoms with Gasteiger partial charge < -0.3 is 19.8 Å². The maximum Gasteiger partial charge on any atom is 0.334 e. The molecule has 0 bridgehead atoms. The maximum atomic E-state index is 12.1. The number of benzene rings is 1. The summed E-state index contributed by atoms with van der Waals surface area (Å²) in [5, 5.41) is 30.9. The quantitative estimate of drug-likeness (QED) is 0.536. The van der Waals surface area contributed by atoms with Crippen molar-refractivity contribution in [3.63, 3.8) is 0 Å². The summed E-state index contributed by atoms with van der Waals surface area (Å²) in [7, 11) is 0. The van der Waals surface area contributed by atoms with Crippen molar-refractivity contribution < 1.29 is 29.5 Å². The van der Waals surface area contributed by atoms with Crippen LogP contribution in [0.15, 0.2) is 46.8 Å². The van der Waals surface area contributed by atoms with Crippen molar-refractivity contribution in [2.24, 2.45) is 0 Å². The molecule has 150 valence electrons. The molecule has 0 aliphatic carbocycles. The molecule has 1 aromatic carbocycles. The molecule has 2 rings (SSSR count). The van der Waals surface area contributed by atoms with Crippen molar-refractivity contribution in [1.29, 1.82) is 0 Å². The molecule has 9 nitrogen and oxygen atoms in total. The summed E-state index contributed by atoms with van der Waals surface area (Å²) < 4.78 is 5.55. The number of rotatable bonds is 7. The zero-order chi connectivity index (χ0) is 21.2. The number of non-ortho nitro benzene ring substituents is 1. The topological polar surface area (TPSA) is 130 Å². The highest BCUT2D eigenvalue weighted by molar-refractivity contribution is 5.98. The van der Waals surface area contributed by atoms with Gasteiger partial charge >= 0.3 is 11.9 Å². The SMILES string of the molecule is CCOC(C)N1C(C)=C(C(=O)O)C(c2cccc([N+](=O)[O-])c2)C(C(=O)O)=C1C. The molecule has 0 amide bonds. The average Bonchev–Trinajstić information content (AvgIpc) is 2.60. The average molecular weight is 390 g/mol. The largest absolute Gasteiger partial charge is 0.478 e. The molecular formula is C19H22N2O7. The van der Waals surface area contributed by atoms with E-state index >= 15 is 0 Å². The lowest BCUT2D eigenvalue weighted by Crippen LogP contribution is -2.40. The number of ether oxygens (including phenoxy) is 1. The van der Waals surface area contributed by atoms with E-state index in [0.29, 0.717) is 18.0 Å². The third-order valence-corrected chi connectivity index (χ3v) is 4.73. The molecular weight excluding hydrogens is 368 g/mol. The Balaban J connectivity index is 2.78. The van der Waals surface area contributed by atoms with Crippen LogP contribution >= 0.6 is 0 Å². The predicted octanol–water partition coefficient (Wildman–Crippen LogP) is 3.09. The van der Waals surface area contributed by atoms with E-state index in [-0.39, 0.29) is 22.4 Å². The summed E-state index contributed by atoms with van der Waals surface area (Å²) in [6.07, 6.45) is -0.584. The van der Waals surface area contributed by atoms with Gasteiger partial charge in [0.25, 0.3) is 5.69 Å². The predicted molar refractivity (Wildman–Crippen MR) is 99.4 cm³/mol. The van der Waals surface area contributed by atoms with Crippen molar-refractivity contribution in [3.8, 4) is 0 Å².